The maximum atomic E-state index is 13.0. The number of hydrogen-bond donors (Lipinski definition) is 0. The van der Waals surface area contributed by atoms with Gasteiger partial charge in [0.25, 0.3) is 5.69 Å². The van der Waals surface area contributed by atoms with Gasteiger partial charge in [-0.1, -0.05) is 30.8 Å². The number of nitro groups is 1. The van der Waals surface area contributed by atoms with E-state index in [2.05, 4.69) is 4.99 Å². The molecule has 0 aliphatic carbocycles. The highest BCUT2D eigenvalue weighted by Crippen LogP contribution is 2.45. The maximum absolute atomic E-state index is 13.0. The monoisotopic (exact) mass is 419 g/mol. The van der Waals surface area contributed by atoms with Gasteiger partial charge in [-0.05, 0) is 19.4 Å². The summed E-state index contributed by atoms with van der Waals surface area (Å²) in [5.74, 6) is -0.905. The fourth-order valence-corrected chi connectivity index (χ4v) is 4.46. The molecule has 1 amide bonds. The topological polar surface area (TPSA) is 111 Å². The van der Waals surface area contributed by atoms with Gasteiger partial charge in [-0.25, -0.2) is 9.79 Å². The van der Waals surface area contributed by atoms with E-state index >= 15 is 0 Å². The highest BCUT2D eigenvalue weighted by Gasteiger charge is 2.48. The fourth-order valence-electron chi connectivity index (χ4n) is 3.32. The van der Waals surface area contributed by atoms with E-state index in [0.717, 1.165) is 0 Å². The molecule has 3 rings (SSSR count). The van der Waals surface area contributed by atoms with Crippen molar-refractivity contribution in [2.24, 2.45) is 4.99 Å². The molecule has 0 saturated carbocycles. The number of carbonyl (C=O) groups excluding carboxylic acids is 2. The van der Waals surface area contributed by atoms with E-state index < -0.39 is 16.9 Å². The predicted octanol–water partition coefficient (Wildman–Crippen LogP) is 2.82. The smallest absolute Gasteiger partial charge is 0.338 e. The zero-order chi connectivity index (χ0) is 21.1. The van der Waals surface area contributed by atoms with E-state index in [1.807, 2.05) is 6.92 Å². The molecule has 0 spiro atoms. The Hall–Kier alpha value is -2.72. The summed E-state index contributed by atoms with van der Waals surface area (Å²) < 4.78 is 10.2. The minimum atomic E-state index is -0.976. The molecule has 0 bridgehead atoms. The number of rotatable bonds is 7. The van der Waals surface area contributed by atoms with Crippen molar-refractivity contribution >= 4 is 34.5 Å². The van der Waals surface area contributed by atoms with E-state index in [9.17, 15) is 19.7 Å². The molecule has 9 nitrogen and oxygen atoms in total. The molecule has 154 valence electrons. The number of benzene rings is 1. The van der Waals surface area contributed by atoms with E-state index in [1.165, 1.54) is 29.8 Å². The molecule has 1 saturated heterocycles. The van der Waals surface area contributed by atoms with Crippen molar-refractivity contribution in [1.29, 1.82) is 0 Å². The number of amides is 1. The quantitative estimate of drug-likeness (QED) is 0.289. The van der Waals surface area contributed by atoms with Gasteiger partial charge in [0, 0.05) is 13.2 Å². The second-order valence-electron chi connectivity index (χ2n) is 6.46. The molecule has 0 N–H and O–H groups in total. The Balaban J connectivity index is 2.13. The lowest BCUT2D eigenvalue weighted by atomic mass is 9.93. The average Bonchev–Trinajstić information content (AvgIpc) is 3.02. The summed E-state index contributed by atoms with van der Waals surface area (Å²) in [5, 5.41) is 11.7. The molecule has 2 heterocycles. The Morgan fingerprint density at radius 3 is 2.72 bits per heavy atom. The lowest BCUT2D eigenvalue weighted by molar-refractivity contribution is -0.385. The number of aliphatic imine (C=N–C) groups is 1. The van der Waals surface area contributed by atoms with Gasteiger partial charge in [-0.2, -0.15) is 0 Å². The fraction of sp³-hybridized carbons (Fsp3) is 0.421. The Labute approximate surface area is 171 Å². The van der Waals surface area contributed by atoms with Gasteiger partial charge in [0.2, 0.25) is 5.91 Å². The Morgan fingerprint density at radius 2 is 2.07 bits per heavy atom. The third kappa shape index (κ3) is 3.90. The molecule has 29 heavy (non-hydrogen) atoms. The van der Waals surface area contributed by atoms with Gasteiger partial charge in [0.15, 0.2) is 5.17 Å². The maximum Gasteiger partial charge on any atom is 0.338 e. The molecule has 10 heteroatoms. The first-order chi connectivity index (χ1) is 13.9. The number of nitro benzene ring substituents is 1. The number of allylic oxidation sites excluding steroid dienone is 1. The third-order valence-corrected chi connectivity index (χ3v) is 6.01. The van der Waals surface area contributed by atoms with Crippen LogP contribution in [-0.2, 0) is 19.1 Å². The van der Waals surface area contributed by atoms with Gasteiger partial charge < -0.3 is 9.47 Å². The van der Waals surface area contributed by atoms with Crippen LogP contribution in [0, 0.1) is 10.1 Å². The molecule has 1 fully saturated rings. The average molecular weight is 419 g/mol. The number of carbonyl (C=O) groups is 2. The Kier molecular flexibility index (Phi) is 6.33. The van der Waals surface area contributed by atoms with Crippen molar-refractivity contribution in [1.82, 2.24) is 4.90 Å². The van der Waals surface area contributed by atoms with Crippen LogP contribution in [0.25, 0.3) is 0 Å². The van der Waals surface area contributed by atoms with Crippen LogP contribution < -0.4 is 0 Å². The van der Waals surface area contributed by atoms with Crippen molar-refractivity contribution in [3.05, 3.63) is 51.2 Å². The first kappa shape index (κ1) is 21.0. The molecule has 0 aromatic heterocycles. The number of nitrogens with zero attached hydrogens (tertiary/aromatic N) is 3. The lowest BCUT2D eigenvalue weighted by Gasteiger charge is -2.32. The van der Waals surface area contributed by atoms with Crippen molar-refractivity contribution in [3.63, 3.8) is 0 Å². The summed E-state index contributed by atoms with van der Waals surface area (Å²) in [5.41, 5.74) is 0.559. The van der Waals surface area contributed by atoms with E-state index in [-0.39, 0.29) is 41.2 Å². The van der Waals surface area contributed by atoms with Crippen LogP contribution in [0.1, 0.15) is 31.9 Å². The summed E-state index contributed by atoms with van der Waals surface area (Å²) in [6.45, 7) is 3.75. The highest BCUT2D eigenvalue weighted by molar-refractivity contribution is 8.15. The molecule has 0 unspecified atom stereocenters. The largest absolute Gasteiger partial charge is 0.460 e. The Bertz CT molecular complexity index is 913. The van der Waals surface area contributed by atoms with Gasteiger partial charge in [0.1, 0.15) is 12.6 Å². The summed E-state index contributed by atoms with van der Waals surface area (Å²) in [6.07, 6.45) is 0.579. The molecule has 1 aromatic rings. The number of methoxy groups -OCH3 is 1. The third-order valence-electron chi connectivity index (χ3n) is 4.69. The van der Waals surface area contributed by atoms with Crippen LogP contribution in [0.3, 0.4) is 0 Å². The minimum absolute atomic E-state index is 0.0204. The highest BCUT2D eigenvalue weighted by atomic mass is 32.2. The van der Waals surface area contributed by atoms with Gasteiger partial charge in [-0.3, -0.25) is 19.8 Å². The van der Waals surface area contributed by atoms with Crippen molar-refractivity contribution in [2.75, 3.05) is 20.3 Å². The van der Waals surface area contributed by atoms with Crippen LogP contribution in [0.15, 0.2) is 40.5 Å². The number of para-hydroxylation sites is 1. The molecular formula is C19H21N3O6S. The summed E-state index contributed by atoms with van der Waals surface area (Å²) in [6, 6.07) is 5.12. The minimum Gasteiger partial charge on any atom is -0.460 e. The molecular weight excluding hydrogens is 398 g/mol. The van der Waals surface area contributed by atoms with Crippen molar-refractivity contribution < 1.29 is 24.0 Å². The number of esters is 1. The van der Waals surface area contributed by atoms with Gasteiger partial charge in [0.05, 0.1) is 33.6 Å². The standard InChI is InChI=1S/C19H21N3O6S/c1-4-14-17(23)21-16(12-7-5-6-8-13(12)22(25)26)15(11(2)20-19(21)29-14)18(24)28-10-9-27-3/h5-8,14,16H,4,9-10H2,1-3H3/t14-,16+/m1/s1. The zero-order valence-electron chi connectivity index (χ0n) is 16.3. The van der Waals surface area contributed by atoms with Crippen LogP contribution in [0.2, 0.25) is 0 Å². The number of amidine groups is 1. The lowest BCUT2D eigenvalue weighted by Crippen LogP contribution is -2.41. The normalized spacial score (nSPS) is 21.1. The number of fused-ring (bicyclic) bond motifs is 1. The molecule has 0 radical (unpaired) electrons. The molecule has 2 atom stereocenters. The van der Waals surface area contributed by atoms with E-state index in [0.29, 0.717) is 17.3 Å². The van der Waals surface area contributed by atoms with Gasteiger partial charge >= 0.3 is 5.97 Å². The SMILES string of the molecule is CC[C@H]1SC2=NC(C)=C(C(=O)OCCOC)[C@H](c3ccccc3[N+](=O)[O-])N2C1=O. The molecule has 2 aliphatic rings. The summed E-state index contributed by atoms with van der Waals surface area (Å²) in [4.78, 5) is 42.9. The first-order valence-corrected chi connectivity index (χ1v) is 9.97. The van der Waals surface area contributed by atoms with Crippen molar-refractivity contribution in [2.45, 2.75) is 31.6 Å². The first-order valence-electron chi connectivity index (χ1n) is 9.09. The summed E-state index contributed by atoms with van der Waals surface area (Å²) >= 11 is 1.30. The number of thioether (sulfide) groups is 1. The second-order valence-corrected chi connectivity index (χ2v) is 7.63. The van der Waals surface area contributed by atoms with Crippen LogP contribution in [0.5, 0.6) is 0 Å². The van der Waals surface area contributed by atoms with Crippen molar-refractivity contribution in [3.8, 4) is 0 Å². The summed E-state index contributed by atoms with van der Waals surface area (Å²) in [7, 11) is 1.48. The van der Waals surface area contributed by atoms with Crippen LogP contribution >= 0.6 is 11.8 Å². The zero-order valence-corrected chi connectivity index (χ0v) is 17.1. The Morgan fingerprint density at radius 1 is 1.34 bits per heavy atom. The number of hydrogen-bond acceptors (Lipinski definition) is 8. The molecule has 2 aliphatic heterocycles. The molecule has 1 aromatic carbocycles. The van der Waals surface area contributed by atoms with Crippen LogP contribution in [0.4, 0.5) is 5.69 Å². The van der Waals surface area contributed by atoms with Crippen LogP contribution in [-0.4, -0.2) is 52.4 Å². The van der Waals surface area contributed by atoms with Gasteiger partial charge in [-0.15, -0.1) is 0 Å². The second kappa shape index (κ2) is 8.75. The van der Waals surface area contributed by atoms with E-state index in [1.54, 1.807) is 25.1 Å². The predicted molar refractivity (Wildman–Crippen MR) is 107 cm³/mol. The van der Waals surface area contributed by atoms with E-state index in [4.69, 9.17) is 9.47 Å². The number of ether oxygens (including phenoxy) is 2.